The van der Waals surface area contributed by atoms with Crippen molar-refractivity contribution in [1.29, 1.82) is 0 Å². The van der Waals surface area contributed by atoms with Gasteiger partial charge in [-0.1, -0.05) is 6.07 Å². The second-order valence-electron chi connectivity index (χ2n) is 6.17. The lowest BCUT2D eigenvalue weighted by Crippen LogP contribution is -2.38. The second-order valence-corrected chi connectivity index (χ2v) is 6.17. The highest BCUT2D eigenvalue weighted by Crippen LogP contribution is 2.17. The molecular formula is C19H28IN5O. The van der Waals surface area contributed by atoms with Gasteiger partial charge in [-0.15, -0.1) is 24.0 Å². The van der Waals surface area contributed by atoms with E-state index in [9.17, 15) is 0 Å². The summed E-state index contributed by atoms with van der Waals surface area (Å²) in [6, 6.07) is 8.12. The zero-order valence-electron chi connectivity index (χ0n) is 15.3. The van der Waals surface area contributed by atoms with E-state index in [2.05, 4.69) is 44.6 Å². The third kappa shape index (κ3) is 6.19. The Morgan fingerprint density at radius 1 is 1.23 bits per heavy atom. The quantitative estimate of drug-likeness (QED) is 0.371. The van der Waals surface area contributed by atoms with E-state index in [4.69, 9.17) is 4.42 Å². The minimum atomic E-state index is 0. The monoisotopic (exact) mass is 469 g/mol. The summed E-state index contributed by atoms with van der Waals surface area (Å²) in [5, 5.41) is 6.60. The summed E-state index contributed by atoms with van der Waals surface area (Å²) in [6.45, 7) is 6.53. The molecule has 1 aliphatic heterocycles. The van der Waals surface area contributed by atoms with Crippen molar-refractivity contribution in [2.45, 2.75) is 32.7 Å². The Labute approximate surface area is 172 Å². The van der Waals surface area contributed by atoms with E-state index in [1.54, 1.807) is 6.26 Å². The number of pyridine rings is 1. The number of rotatable bonds is 7. The lowest BCUT2D eigenvalue weighted by atomic mass is 10.3. The second kappa shape index (κ2) is 11.1. The van der Waals surface area contributed by atoms with Crippen LogP contribution >= 0.6 is 24.0 Å². The molecular weight excluding hydrogens is 441 g/mol. The van der Waals surface area contributed by atoms with Crippen LogP contribution in [0.3, 0.4) is 0 Å². The van der Waals surface area contributed by atoms with Gasteiger partial charge in [0.25, 0.3) is 0 Å². The molecule has 26 heavy (non-hydrogen) atoms. The number of nitrogens with zero attached hydrogens (tertiary/aromatic N) is 3. The Hall–Kier alpha value is -1.77. The summed E-state index contributed by atoms with van der Waals surface area (Å²) in [5.41, 5.74) is 1.12. The van der Waals surface area contributed by atoms with Crippen molar-refractivity contribution >= 4 is 35.8 Å². The summed E-state index contributed by atoms with van der Waals surface area (Å²) in [5.74, 6) is 2.87. The zero-order chi connectivity index (χ0) is 17.3. The number of guanidine groups is 1. The molecule has 142 valence electrons. The normalized spacial score (nSPS) is 14.2. The first kappa shape index (κ1) is 20.5. The minimum Gasteiger partial charge on any atom is -0.469 e. The van der Waals surface area contributed by atoms with Gasteiger partial charge in [0.15, 0.2) is 5.96 Å². The van der Waals surface area contributed by atoms with E-state index in [-0.39, 0.29) is 24.0 Å². The number of hydrogen-bond acceptors (Lipinski definition) is 4. The van der Waals surface area contributed by atoms with Gasteiger partial charge in [0.2, 0.25) is 0 Å². The van der Waals surface area contributed by atoms with Crippen molar-refractivity contribution in [1.82, 2.24) is 15.6 Å². The Morgan fingerprint density at radius 2 is 2.08 bits per heavy atom. The molecule has 0 saturated carbocycles. The van der Waals surface area contributed by atoms with Crippen LogP contribution in [-0.4, -0.2) is 37.1 Å². The topological polar surface area (TPSA) is 65.7 Å². The smallest absolute Gasteiger partial charge is 0.191 e. The molecule has 2 N–H and O–H groups in total. The van der Waals surface area contributed by atoms with Crippen molar-refractivity contribution in [3.05, 3.63) is 48.0 Å². The average Bonchev–Trinajstić information content (AvgIpc) is 3.34. The molecule has 3 rings (SSSR count). The summed E-state index contributed by atoms with van der Waals surface area (Å²) < 4.78 is 5.35. The van der Waals surface area contributed by atoms with E-state index < -0.39 is 0 Å². The van der Waals surface area contributed by atoms with Gasteiger partial charge in [0.1, 0.15) is 11.6 Å². The molecule has 0 bridgehead atoms. The molecule has 2 aromatic heterocycles. The Morgan fingerprint density at radius 3 is 2.73 bits per heavy atom. The first-order valence-corrected chi connectivity index (χ1v) is 9.09. The number of hydrogen-bond donors (Lipinski definition) is 2. The third-order valence-corrected chi connectivity index (χ3v) is 4.25. The van der Waals surface area contributed by atoms with E-state index in [1.807, 2.05) is 18.3 Å². The molecule has 0 radical (unpaired) electrons. The van der Waals surface area contributed by atoms with Crippen LogP contribution in [0.2, 0.25) is 0 Å². The molecule has 1 fully saturated rings. The number of aliphatic imine (C=N–C) groups is 1. The van der Waals surface area contributed by atoms with Gasteiger partial charge >= 0.3 is 0 Å². The van der Waals surface area contributed by atoms with Crippen LogP contribution in [0.15, 0.2) is 46.1 Å². The Balaban J connectivity index is 0.00000243. The van der Waals surface area contributed by atoms with Gasteiger partial charge in [-0.25, -0.2) is 9.98 Å². The highest BCUT2D eigenvalue weighted by atomic mass is 127. The van der Waals surface area contributed by atoms with Crippen LogP contribution in [0, 0.1) is 0 Å². The highest BCUT2D eigenvalue weighted by Gasteiger charge is 2.12. The van der Waals surface area contributed by atoms with Crippen LogP contribution in [0.5, 0.6) is 0 Å². The molecule has 2 aromatic rings. The summed E-state index contributed by atoms with van der Waals surface area (Å²) in [6.07, 6.45) is 7.01. The highest BCUT2D eigenvalue weighted by molar-refractivity contribution is 14.0. The van der Waals surface area contributed by atoms with Crippen LogP contribution in [0.1, 0.15) is 31.1 Å². The fourth-order valence-corrected chi connectivity index (χ4v) is 2.91. The summed E-state index contributed by atoms with van der Waals surface area (Å²) >= 11 is 0. The van der Waals surface area contributed by atoms with Crippen LogP contribution in [-0.2, 0) is 13.0 Å². The maximum Gasteiger partial charge on any atom is 0.191 e. The fraction of sp³-hybridized carbons (Fsp3) is 0.474. The fourth-order valence-electron chi connectivity index (χ4n) is 2.91. The molecule has 1 aliphatic rings. The standard InChI is InChI=1S/C19H27N5O.HI/c1-2-20-19(21-10-9-17-6-5-13-25-17)23-15-16-7-8-18(22-14-16)24-11-3-4-12-24;/h5-8,13-14H,2-4,9-12,15H2,1H3,(H2,20,21,23);1H. The largest absolute Gasteiger partial charge is 0.469 e. The number of anilines is 1. The number of nitrogens with one attached hydrogen (secondary N) is 2. The van der Waals surface area contributed by atoms with Gasteiger partial charge in [0, 0.05) is 38.8 Å². The van der Waals surface area contributed by atoms with Crippen molar-refractivity contribution in [2.24, 2.45) is 4.99 Å². The lowest BCUT2D eigenvalue weighted by Gasteiger charge is -2.16. The SMILES string of the molecule is CCNC(=NCc1ccc(N2CCCC2)nc1)NCCc1ccco1.I. The van der Waals surface area contributed by atoms with Gasteiger partial charge in [-0.3, -0.25) is 0 Å². The van der Waals surface area contributed by atoms with Crippen LogP contribution < -0.4 is 15.5 Å². The van der Waals surface area contributed by atoms with Gasteiger partial charge in [0.05, 0.1) is 12.8 Å². The van der Waals surface area contributed by atoms with Crippen LogP contribution in [0.25, 0.3) is 0 Å². The van der Waals surface area contributed by atoms with E-state index in [0.29, 0.717) is 6.54 Å². The predicted molar refractivity (Wildman–Crippen MR) is 116 cm³/mol. The first-order chi connectivity index (χ1) is 12.3. The molecule has 7 heteroatoms. The average molecular weight is 469 g/mol. The predicted octanol–water partition coefficient (Wildman–Crippen LogP) is 3.19. The Kier molecular flexibility index (Phi) is 8.73. The maximum absolute atomic E-state index is 5.35. The zero-order valence-corrected chi connectivity index (χ0v) is 17.6. The van der Waals surface area contributed by atoms with E-state index >= 15 is 0 Å². The molecule has 6 nitrogen and oxygen atoms in total. The molecule has 1 saturated heterocycles. The molecule has 0 amide bonds. The molecule has 0 atom stereocenters. The molecule has 3 heterocycles. The molecule has 0 unspecified atom stereocenters. The van der Waals surface area contributed by atoms with Gasteiger partial charge in [-0.2, -0.15) is 0 Å². The molecule has 0 aliphatic carbocycles. The van der Waals surface area contributed by atoms with E-state index in [0.717, 1.165) is 55.7 Å². The van der Waals surface area contributed by atoms with Crippen molar-refractivity contribution in [2.75, 3.05) is 31.1 Å². The maximum atomic E-state index is 5.35. The lowest BCUT2D eigenvalue weighted by molar-refractivity contribution is 0.507. The number of furan rings is 1. The van der Waals surface area contributed by atoms with Crippen molar-refractivity contribution in [3.8, 4) is 0 Å². The molecule has 0 spiro atoms. The summed E-state index contributed by atoms with van der Waals surface area (Å²) in [4.78, 5) is 11.6. The van der Waals surface area contributed by atoms with Crippen molar-refractivity contribution in [3.63, 3.8) is 0 Å². The summed E-state index contributed by atoms with van der Waals surface area (Å²) in [7, 11) is 0. The van der Waals surface area contributed by atoms with Gasteiger partial charge < -0.3 is 20.0 Å². The minimum absolute atomic E-state index is 0. The van der Waals surface area contributed by atoms with E-state index in [1.165, 1.54) is 12.8 Å². The number of halogens is 1. The third-order valence-electron chi connectivity index (χ3n) is 4.25. The number of aromatic nitrogens is 1. The van der Waals surface area contributed by atoms with Crippen molar-refractivity contribution < 1.29 is 4.42 Å². The Bertz CT molecular complexity index is 651. The van der Waals surface area contributed by atoms with Crippen LogP contribution in [0.4, 0.5) is 5.82 Å². The van der Waals surface area contributed by atoms with Gasteiger partial charge in [-0.05, 0) is 43.5 Å². The first-order valence-electron chi connectivity index (χ1n) is 9.09. The molecule has 0 aromatic carbocycles.